The number of halogens is 2. The maximum Gasteiger partial charge on any atom is 0.335 e. The van der Waals surface area contributed by atoms with Gasteiger partial charge in [0.15, 0.2) is 6.10 Å². The van der Waals surface area contributed by atoms with Crippen LogP contribution < -0.4 is 0 Å². The first-order chi connectivity index (χ1) is 6.91. The number of benzene rings is 1. The third-order valence-corrected chi connectivity index (χ3v) is 2.45. The minimum absolute atomic E-state index is 0.240. The number of hydrogen-bond donors (Lipinski definition) is 3. The van der Waals surface area contributed by atoms with E-state index in [-0.39, 0.29) is 5.56 Å². The van der Waals surface area contributed by atoms with Crippen molar-refractivity contribution in [2.75, 3.05) is 0 Å². The van der Waals surface area contributed by atoms with Gasteiger partial charge in [0.05, 0.1) is 0 Å². The van der Waals surface area contributed by atoms with Gasteiger partial charge in [-0.15, -0.1) is 0 Å². The summed E-state index contributed by atoms with van der Waals surface area (Å²) < 4.78 is 0.599. The summed E-state index contributed by atoms with van der Waals surface area (Å²) in [5, 5.41) is 27.5. The number of carboxylic acids is 1. The van der Waals surface area contributed by atoms with Crippen molar-refractivity contribution in [1.82, 2.24) is 0 Å². The van der Waals surface area contributed by atoms with E-state index >= 15 is 0 Å². The molecule has 0 spiro atoms. The second-order valence-corrected chi connectivity index (χ2v) is 4.28. The number of hydrogen-bond acceptors (Lipinski definition) is 3. The normalized spacial score (nSPS) is 14.7. The standard InChI is InChI=1S/C9H8BrClO4/c10-5-1-4(2-6(11)3-5)7(12)8(13)9(14)15/h1-3,7-8,12-13H,(H,14,15). The average Bonchev–Trinajstić information content (AvgIpc) is 2.13. The summed E-state index contributed by atoms with van der Waals surface area (Å²) in [6.07, 6.45) is -3.37. The highest BCUT2D eigenvalue weighted by Gasteiger charge is 2.25. The number of rotatable bonds is 3. The van der Waals surface area contributed by atoms with E-state index in [9.17, 15) is 9.90 Å². The van der Waals surface area contributed by atoms with Crippen molar-refractivity contribution in [3.8, 4) is 0 Å². The Labute approximate surface area is 99.2 Å². The first-order valence-corrected chi connectivity index (χ1v) is 5.14. The molecule has 15 heavy (non-hydrogen) atoms. The fourth-order valence-electron chi connectivity index (χ4n) is 1.06. The van der Waals surface area contributed by atoms with E-state index in [1.54, 1.807) is 6.07 Å². The van der Waals surface area contributed by atoms with Gasteiger partial charge in [-0.05, 0) is 23.8 Å². The Balaban J connectivity index is 3.00. The van der Waals surface area contributed by atoms with Crippen LogP contribution in [0.1, 0.15) is 11.7 Å². The lowest BCUT2D eigenvalue weighted by molar-refractivity contribution is -0.153. The molecular formula is C9H8BrClO4. The minimum Gasteiger partial charge on any atom is -0.479 e. The number of aliphatic hydroxyl groups is 2. The molecule has 2 unspecified atom stereocenters. The van der Waals surface area contributed by atoms with E-state index in [0.717, 1.165) is 0 Å². The SMILES string of the molecule is O=C(O)C(O)C(O)c1cc(Cl)cc(Br)c1. The van der Waals surface area contributed by atoms with Crippen LogP contribution in [0.5, 0.6) is 0 Å². The molecule has 82 valence electrons. The molecule has 6 heteroatoms. The highest BCUT2D eigenvalue weighted by molar-refractivity contribution is 9.10. The number of aliphatic hydroxyl groups excluding tert-OH is 2. The summed E-state index contributed by atoms with van der Waals surface area (Å²) >= 11 is 8.85. The van der Waals surface area contributed by atoms with Gasteiger partial charge >= 0.3 is 5.97 Å². The van der Waals surface area contributed by atoms with E-state index in [1.165, 1.54) is 12.1 Å². The number of carbonyl (C=O) groups is 1. The van der Waals surface area contributed by atoms with Gasteiger partial charge in [0.25, 0.3) is 0 Å². The molecule has 0 aromatic heterocycles. The molecule has 0 aliphatic rings. The molecule has 0 fully saturated rings. The zero-order valence-corrected chi connectivity index (χ0v) is 9.73. The lowest BCUT2D eigenvalue weighted by atomic mass is 10.0. The Kier molecular flexibility index (Phi) is 4.10. The maximum absolute atomic E-state index is 10.4. The summed E-state index contributed by atoms with van der Waals surface area (Å²) in [5.74, 6) is -1.49. The predicted molar refractivity (Wildman–Crippen MR) is 57.8 cm³/mol. The summed E-state index contributed by atoms with van der Waals surface area (Å²) in [4.78, 5) is 10.4. The molecule has 0 aliphatic heterocycles. The molecule has 4 nitrogen and oxygen atoms in total. The molecule has 0 aliphatic carbocycles. The summed E-state index contributed by atoms with van der Waals surface area (Å²) in [5.41, 5.74) is 0.240. The molecule has 1 aromatic rings. The zero-order valence-electron chi connectivity index (χ0n) is 7.39. The Morgan fingerprint density at radius 2 is 1.93 bits per heavy atom. The second kappa shape index (κ2) is 4.94. The lowest BCUT2D eigenvalue weighted by Gasteiger charge is -2.14. The van der Waals surface area contributed by atoms with Gasteiger partial charge in [0, 0.05) is 9.50 Å². The van der Waals surface area contributed by atoms with Gasteiger partial charge in [0.2, 0.25) is 0 Å². The van der Waals surface area contributed by atoms with Gasteiger partial charge < -0.3 is 15.3 Å². The van der Waals surface area contributed by atoms with Gasteiger partial charge in [-0.3, -0.25) is 0 Å². The lowest BCUT2D eigenvalue weighted by Crippen LogP contribution is -2.27. The second-order valence-electron chi connectivity index (χ2n) is 2.93. The van der Waals surface area contributed by atoms with E-state index in [4.69, 9.17) is 21.8 Å². The van der Waals surface area contributed by atoms with Crippen LogP contribution in [0.3, 0.4) is 0 Å². The molecular weight excluding hydrogens is 287 g/mol. The first-order valence-electron chi connectivity index (χ1n) is 3.96. The van der Waals surface area contributed by atoms with Crippen LogP contribution in [0, 0.1) is 0 Å². The highest BCUT2D eigenvalue weighted by atomic mass is 79.9. The fourth-order valence-corrected chi connectivity index (χ4v) is 1.95. The van der Waals surface area contributed by atoms with Gasteiger partial charge in [-0.25, -0.2) is 4.79 Å². The third-order valence-electron chi connectivity index (χ3n) is 1.78. The molecule has 0 radical (unpaired) electrons. The monoisotopic (exact) mass is 294 g/mol. The van der Waals surface area contributed by atoms with Crippen LogP contribution in [-0.2, 0) is 4.79 Å². The molecule has 1 rings (SSSR count). The minimum atomic E-state index is -1.87. The van der Waals surface area contributed by atoms with Crippen molar-refractivity contribution in [3.63, 3.8) is 0 Å². The van der Waals surface area contributed by atoms with E-state index in [1.807, 2.05) is 0 Å². The van der Waals surface area contributed by atoms with E-state index in [0.29, 0.717) is 9.50 Å². The third kappa shape index (κ3) is 3.17. The highest BCUT2D eigenvalue weighted by Crippen LogP contribution is 2.25. The molecule has 0 amide bonds. The van der Waals surface area contributed by atoms with Crippen molar-refractivity contribution < 1.29 is 20.1 Å². The van der Waals surface area contributed by atoms with Crippen LogP contribution in [0.25, 0.3) is 0 Å². The van der Waals surface area contributed by atoms with Crippen molar-refractivity contribution >= 4 is 33.5 Å². The van der Waals surface area contributed by atoms with E-state index in [2.05, 4.69) is 15.9 Å². The van der Waals surface area contributed by atoms with Gasteiger partial charge in [-0.2, -0.15) is 0 Å². The molecule has 0 bridgehead atoms. The molecule has 0 saturated carbocycles. The van der Waals surface area contributed by atoms with Crippen molar-refractivity contribution in [2.24, 2.45) is 0 Å². The zero-order chi connectivity index (χ0) is 11.6. The largest absolute Gasteiger partial charge is 0.479 e. The van der Waals surface area contributed by atoms with Gasteiger partial charge in [-0.1, -0.05) is 27.5 Å². The Morgan fingerprint density at radius 3 is 2.40 bits per heavy atom. The van der Waals surface area contributed by atoms with E-state index < -0.39 is 18.2 Å². The molecule has 0 heterocycles. The van der Waals surface area contributed by atoms with Crippen LogP contribution in [0.2, 0.25) is 5.02 Å². The molecule has 3 N–H and O–H groups in total. The Hall–Kier alpha value is -0.620. The van der Waals surface area contributed by atoms with Crippen molar-refractivity contribution in [1.29, 1.82) is 0 Å². The average molecular weight is 296 g/mol. The van der Waals surface area contributed by atoms with Crippen molar-refractivity contribution in [2.45, 2.75) is 12.2 Å². The fraction of sp³-hybridized carbons (Fsp3) is 0.222. The predicted octanol–water partition coefficient (Wildman–Crippen LogP) is 1.58. The van der Waals surface area contributed by atoms with Crippen LogP contribution in [-0.4, -0.2) is 27.4 Å². The smallest absolute Gasteiger partial charge is 0.335 e. The maximum atomic E-state index is 10.4. The van der Waals surface area contributed by atoms with Crippen LogP contribution in [0.15, 0.2) is 22.7 Å². The summed E-state index contributed by atoms with van der Waals surface area (Å²) in [6, 6.07) is 4.47. The van der Waals surface area contributed by atoms with Gasteiger partial charge in [0.1, 0.15) is 6.10 Å². The first kappa shape index (κ1) is 12.4. The van der Waals surface area contributed by atoms with Crippen LogP contribution in [0.4, 0.5) is 0 Å². The Morgan fingerprint density at radius 1 is 1.33 bits per heavy atom. The number of carboxylic acid groups (broad SMARTS) is 1. The molecule has 2 atom stereocenters. The topological polar surface area (TPSA) is 77.8 Å². The quantitative estimate of drug-likeness (QED) is 0.791. The molecule has 1 aromatic carbocycles. The van der Waals surface area contributed by atoms with Crippen molar-refractivity contribution in [3.05, 3.63) is 33.3 Å². The summed E-state index contributed by atoms with van der Waals surface area (Å²) in [7, 11) is 0. The molecule has 0 saturated heterocycles. The Bertz CT molecular complexity index is 362. The summed E-state index contributed by atoms with van der Waals surface area (Å²) in [6.45, 7) is 0. The van der Waals surface area contributed by atoms with Crippen LogP contribution >= 0.6 is 27.5 Å². The number of aliphatic carboxylic acids is 1.